The van der Waals surface area contributed by atoms with Crippen molar-refractivity contribution in [1.82, 2.24) is 5.32 Å². The van der Waals surface area contributed by atoms with Crippen LogP contribution in [0.4, 0.5) is 0 Å². The monoisotopic (exact) mass is 191 g/mol. The van der Waals surface area contributed by atoms with Gasteiger partial charge < -0.3 is 5.32 Å². The van der Waals surface area contributed by atoms with Crippen LogP contribution in [0, 0.1) is 0 Å². The normalized spacial score (nSPS) is 12.1. The molecule has 76 valence electrons. The fraction of sp³-hybridized carbons (Fsp3) is 0.417. The number of carbonyl (C=O) groups excluding carboxylic acids is 1. The van der Waals surface area contributed by atoms with Crippen molar-refractivity contribution in [2.24, 2.45) is 0 Å². The Kier molecular flexibility index (Phi) is 4.17. The Morgan fingerprint density at radius 1 is 1.29 bits per heavy atom. The highest BCUT2D eigenvalue weighted by atomic mass is 16.1. The molecule has 0 heterocycles. The highest BCUT2D eigenvalue weighted by molar-refractivity contribution is 5.83. The minimum absolute atomic E-state index is 0.00356. The number of benzene rings is 1. The van der Waals surface area contributed by atoms with E-state index in [1.54, 1.807) is 0 Å². The van der Waals surface area contributed by atoms with Crippen LogP contribution >= 0.6 is 0 Å². The van der Waals surface area contributed by atoms with Crippen molar-refractivity contribution in [2.45, 2.75) is 26.2 Å². The van der Waals surface area contributed by atoms with Gasteiger partial charge in [0.25, 0.3) is 0 Å². The van der Waals surface area contributed by atoms with E-state index >= 15 is 0 Å². The summed E-state index contributed by atoms with van der Waals surface area (Å²) >= 11 is 0. The highest BCUT2D eigenvalue weighted by Gasteiger charge is 2.16. The number of likely N-dealkylation sites (N-methyl/N-ethyl adjacent to an activating group) is 1. The lowest BCUT2D eigenvalue weighted by Crippen LogP contribution is -2.28. The van der Waals surface area contributed by atoms with Gasteiger partial charge in [-0.05, 0) is 18.9 Å². The molecule has 2 heteroatoms. The second kappa shape index (κ2) is 5.43. The van der Waals surface area contributed by atoms with Gasteiger partial charge in [0.05, 0.1) is 5.92 Å². The summed E-state index contributed by atoms with van der Waals surface area (Å²) in [7, 11) is 0. The number of carbonyl (C=O) groups is 1. The van der Waals surface area contributed by atoms with E-state index in [0.717, 1.165) is 12.0 Å². The minimum Gasteiger partial charge on any atom is -0.356 e. The molecule has 0 aromatic heterocycles. The van der Waals surface area contributed by atoms with Gasteiger partial charge in [-0.3, -0.25) is 4.79 Å². The van der Waals surface area contributed by atoms with E-state index in [1.165, 1.54) is 0 Å². The van der Waals surface area contributed by atoms with Crippen LogP contribution in [0.2, 0.25) is 0 Å². The third-order valence-corrected chi connectivity index (χ3v) is 2.28. The SMILES string of the molecule is CCNC(=O)C(CC)c1ccccc1. The summed E-state index contributed by atoms with van der Waals surface area (Å²) in [6.07, 6.45) is 0.843. The second-order valence-electron chi connectivity index (χ2n) is 3.27. The van der Waals surface area contributed by atoms with E-state index in [4.69, 9.17) is 0 Å². The third-order valence-electron chi connectivity index (χ3n) is 2.28. The first kappa shape index (κ1) is 10.8. The molecule has 1 aromatic carbocycles. The van der Waals surface area contributed by atoms with Gasteiger partial charge in [0, 0.05) is 6.54 Å². The van der Waals surface area contributed by atoms with Gasteiger partial charge in [0.1, 0.15) is 0 Å². The maximum atomic E-state index is 11.7. The van der Waals surface area contributed by atoms with Crippen molar-refractivity contribution in [3.05, 3.63) is 35.9 Å². The zero-order chi connectivity index (χ0) is 10.4. The lowest BCUT2D eigenvalue weighted by molar-refractivity contribution is -0.122. The molecule has 0 radical (unpaired) electrons. The molecular weight excluding hydrogens is 174 g/mol. The molecule has 0 aliphatic rings. The first-order valence-corrected chi connectivity index (χ1v) is 5.12. The molecule has 1 unspecified atom stereocenters. The van der Waals surface area contributed by atoms with Crippen LogP contribution in [0.3, 0.4) is 0 Å². The van der Waals surface area contributed by atoms with E-state index in [0.29, 0.717) is 6.54 Å². The summed E-state index contributed by atoms with van der Waals surface area (Å²) in [6.45, 7) is 4.67. The summed E-state index contributed by atoms with van der Waals surface area (Å²) in [5, 5.41) is 2.86. The quantitative estimate of drug-likeness (QED) is 0.777. The molecule has 1 atom stereocenters. The Hall–Kier alpha value is -1.31. The summed E-state index contributed by atoms with van der Waals surface area (Å²) in [6, 6.07) is 9.91. The van der Waals surface area contributed by atoms with Crippen molar-refractivity contribution in [3.8, 4) is 0 Å². The average molecular weight is 191 g/mol. The first-order chi connectivity index (χ1) is 6.79. The lowest BCUT2D eigenvalue weighted by Gasteiger charge is -2.14. The van der Waals surface area contributed by atoms with Gasteiger partial charge in [-0.25, -0.2) is 0 Å². The molecule has 1 amide bonds. The average Bonchev–Trinajstić information content (AvgIpc) is 2.21. The molecule has 1 aromatic rings. The Morgan fingerprint density at radius 3 is 2.43 bits per heavy atom. The van der Waals surface area contributed by atoms with Crippen LogP contribution in [0.5, 0.6) is 0 Å². The molecule has 2 nitrogen and oxygen atoms in total. The van der Waals surface area contributed by atoms with Crippen molar-refractivity contribution >= 4 is 5.91 Å². The molecule has 0 saturated carbocycles. The Morgan fingerprint density at radius 2 is 1.93 bits per heavy atom. The van der Waals surface area contributed by atoms with Crippen molar-refractivity contribution < 1.29 is 4.79 Å². The predicted octanol–water partition coefficient (Wildman–Crippen LogP) is 2.32. The van der Waals surface area contributed by atoms with E-state index in [-0.39, 0.29) is 11.8 Å². The molecule has 1 rings (SSSR count). The van der Waals surface area contributed by atoms with E-state index in [9.17, 15) is 4.79 Å². The molecule has 0 aliphatic carbocycles. The molecular formula is C12H17NO. The molecule has 0 aliphatic heterocycles. The van der Waals surface area contributed by atoms with Gasteiger partial charge in [-0.1, -0.05) is 37.3 Å². The van der Waals surface area contributed by atoms with E-state index < -0.39 is 0 Å². The van der Waals surface area contributed by atoms with Gasteiger partial charge in [0.15, 0.2) is 0 Å². The summed E-state index contributed by atoms with van der Waals surface area (Å²) < 4.78 is 0. The molecule has 1 N–H and O–H groups in total. The number of rotatable bonds is 4. The smallest absolute Gasteiger partial charge is 0.227 e. The van der Waals surface area contributed by atoms with Gasteiger partial charge in [0.2, 0.25) is 5.91 Å². The fourth-order valence-corrected chi connectivity index (χ4v) is 1.56. The molecule has 0 fully saturated rings. The molecule has 0 saturated heterocycles. The summed E-state index contributed by atoms with van der Waals surface area (Å²) in [4.78, 5) is 11.7. The Balaban J connectivity index is 2.77. The van der Waals surface area contributed by atoms with E-state index in [2.05, 4.69) is 5.32 Å². The maximum Gasteiger partial charge on any atom is 0.227 e. The third kappa shape index (κ3) is 2.59. The van der Waals surface area contributed by atoms with Gasteiger partial charge in [-0.2, -0.15) is 0 Å². The van der Waals surface area contributed by atoms with Crippen LogP contribution in [0.15, 0.2) is 30.3 Å². The highest BCUT2D eigenvalue weighted by Crippen LogP contribution is 2.18. The van der Waals surface area contributed by atoms with Crippen molar-refractivity contribution in [1.29, 1.82) is 0 Å². The molecule has 0 spiro atoms. The zero-order valence-electron chi connectivity index (χ0n) is 8.79. The van der Waals surface area contributed by atoms with Crippen molar-refractivity contribution in [2.75, 3.05) is 6.54 Å². The van der Waals surface area contributed by atoms with Gasteiger partial charge in [-0.15, -0.1) is 0 Å². The van der Waals surface area contributed by atoms with Crippen LogP contribution in [-0.2, 0) is 4.79 Å². The Bertz CT molecular complexity index is 282. The number of hydrogen-bond acceptors (Lipinski definition) is 1. The zero-order valence-corrected chi connectivity index (χ0v) is 8.79. The predicted molar refractivity (Wildman–Crippen MR) is 58.2 cm³/mol. The largest absolute Gasteiger partial charge is 0.356 e. The molecule has 14 heavy (non-hydrogen) atoms. The number of nitrogens with one attached hydrogen (secondary N) is 1. The maximum absolute atomic E-state index is 11.7. The lowest BCUT2D eigenvalue weighted by atomic mass is 9.96. The standard InChI is InChI=1S/C12H17NO/c1-3-11(12(14)13-4-2)10-8-6-5-7-9-10/h5-9,11H,3-4H2,1-2H3,(H,13,14). The van der Waals surface area contributed by atoms with Crippen LogP contribution < -0.4 is 5.32 Å². The minimum atomic E-state index is -0.00356. The Labute approximate surface area is 85.3 Å². The van der Waals surface area contributed by atoms with Crippen LogP contribution in [0.1, 0.15) is 31.7 Å². The van der Waals surface area contributed by atoms with Crippen LogP contribution in [-0.4, -0.2) is 12.5 Å². The number of amides is 1. The first-order valence-electron chi connectivity index (χ1n) is 5.12. The summed E-state index contributed by atoms with van der Waals surface area (Å²) in [5.74, 6) is 0.123. The van der Waals surface area contributed by atoms with Crippen molar-refractivity contribution in [3.63, 3.8) is 0 Å². The molecule has 0 bridgehead atoms. The van der Waals surface area contributed by atoms with Crippen LogP contribution in [0.25, 0.3) is 0 Å². The number of hydrogen-bond donors (Lipinski definition) is 1. The van der Waals surface area contributed by atoms with Gasteiger partial charge >= 0.3 is 0 Å². The van der Waals surface area contributed by atoms with E-state index in [1.807, 2.05) is 44.2 Å². The topological polar surface area (TPSA) is 29.1 Å². The summed E-state index contributed by atoms with van der Waals surface area (Å²) in [5.41, 5.74) is 1.10. The fourth-order valence-electron chi connectivity index (χ4n) is 1.56. The second-order valence-corrected chi connectivity index (χ2v) is 3.27.